The van der Waals surface area contributed by atoms with Gasteiger partial charge in [0.1, 0.15) is 0 Å². The van der Waals surface area contributed by atoms with Gasteiger partial charge in [-0.3, -0.25) is 0 Å². The molecule has 1 nitrogen and oxygen atoms in total. The molecule has 0 amide bonds. The predicted octanol–water partition coefficient (Wildman–Crippen LogP) is 6.27. The Kier molecular flexibility index (Phi) is 12.9. The molecule has 22 heavy (non-hydrogen) atoms. The van der Waals surface area contributed by atoms with Gasteiger partial charge in [-0.25, -0.2) is 0 Å². The van der Waals surface area contributed by atoms with Gasteiger partial charge in [-0.1, -0.05) is 37.8 Å². The minimum Gasteiger partial charge on any atom is -0.394 e. The standard InChI is InChI=1S/C19H29N.C2H4/c1-9-11-18(14(3)4)19(15(5)10-2)12-16(6)17(7)13-20-8;1-2/h9,12-13,20H,1,3,5,10-11H2,2,4,6-8H3;1-2H2/b16-12+,17-13+,19-18-;. The van der Waals surface area contributed by atoms with E-state index in [-0.39, 0.29) is 0 Å². The summed E-state index contributed by atoms with van der Waals surface area (Å²) in [5.74, 6) is 0. The summed E-state index contributed by atoms with van der Waals surface area (Å²) < 4.78 is 0. The monoisotopic (exact) mass is 299 g/mol. The lowest BCUT2D eigenvalue weighted by Gasteiger charge is -2.15. The average Bonchev–Trinajstić information content (AvgIpc) is 2.51. The maximum Gasteiger partial charge on any atom is 0.00278 e. The predicted molar refractivity (Wildman–Crippen MR) is 104 cm³/mol. The number of allylic oxidation sites excluding steroid dienone is 8. The fraction of sp³-hybridized carbons (Fsp3) is 0.333. The molecule has 0 aromatic rings. The Morgan fingerprint density at radius 1 is 1.05 bits per heavy atom. The molecule has 0 bridgehead atoms. The Balaban J connectivity index is 0. The van der Waals surface area contributed by atoms with Crippen LogP contribution in [-0.2, 0) is 0 Å². The Hall–Kier alpha value is -2.02. The van der Waals surface area contributed by atoms with E-state index in [1.165, 1.54) is 22.3 Å². The van der Waals surface area contributed by atoms with Gasteiger partial charge < -0.3 is 5.32 Å². The topological polar surface area (TPSA) is 12.0 Å². The highest BCUT2D eigenvalue weighted by Gasteiger charge is 2.08. The fourth-order valence-corrected chi connectivity index (χ4v) is 1.91. The van der Waals surface area contributed by atoms with Crippen LogP contribution in [0.25, 0.3) is 0 Å². The van der Waals surface area contributed by atoms with E-state index >= 15 is 0 Å². The Labute approximate surface area is 138 Å². The Morgan fingerprint density at radius 2 is 1.59 bits per heavy atom. The lowest BCUT2D eigenvalue weighted by atomic mass is 9.91. The van der Waals surface area contributed by atoms with Crippen LogP contribution in [0.4, 0.5) is 0 Å². The normalized spacial score (nSPS) is 12.6. The summed E-state index contributed by atoms with van der Waals surface area (Å²) in [4.78, 5) is 0. The molecular formula is C21H33N. The van der Waals surface area contributed by atoms with E-state index in [4.69, 9.17) is 0 Å². The zero-order valence-electron chi connectivity index (χ0n) is 15.2. The summed E-state index contributed by atoms with van der Waals surface area (Å²) in [6.45, 7) is 26.5. The van der Waals surface area contributed by atoms with E-state index in [0.717, 1.165) is 24.0 Å². The quantitative estimate of drug-likeness (QED) is 0.411. The van der Waals surface area contributed by atoms with Crippen molar-refractivity contribution in [2.45, 2.75) is 40.5 Å². The molecule has 122 valence electrons. The van der Waals surface area contributed by atoms with Gasteiger partial charge in [0.05, 0.1) is 0 Å². The highest BCUT2D eigenvalue weighted by Crippen LogP contribution is 2.27. The molecule has 0 aliphatic rings. The highest BCUT2D eigenvalue weighted by molar-refractivity contribution is 5.52. The number of hydrogen-bond acceptors (Lipinski definition) is 1. The van der Waals surface area contributed by atoms with Gasteiger partial charge in [0, 0.05) is 7.05 Å². The summed E-state index contributed by atoms with van der Waals surface area (Å²) >= 11 is 0. The van der Waals surface area contributed by atoms with E-state index in [9.17, 15) is 0 Å². The van der Waals surface area contributed by atoms with E-state index in [2.05, 4.69) is 65.1 Å². The molecule has 1 N–H and O–H groups in total. The van der Waals surface area contributed by atoms with Gasteiger partial charge in [-0.2, -0.15) is 0 Å². The van der Waals surface area contributed by atoms with Crippen LogP contribution in [0.15, 0.2) is 84.7 Å². The molecule has 0 unspecified atom stereocenters. The van der Waals surface area contributed by atoms with Gasteiger partial charge in [-0.15, -0.1) is 19.7 Å². The zero-order valence-corrected chi connectivity index (χ0v) is 15.2. The first-order valence-electron chi connectivity index (χ1n) is 7.59. The van der Waals surface area contributed by atoms with Crippen LogP contribution in [0.1, 0.15) is 40.5 Å². The van der Waals surface area contributed by atoms with E-state index < -0.39 is 0 Å². The van der Waals surface area contributed by atoms with Crippen LogP contribution in [0, 0.1) is 0 Å². The van der Waals surface area contributed by atoms with Gasteiger partial charge in [0.2, 0.25) is 0 Å². The summed E-state index contributed by atoms with van der Waals surface area (Å²) in [5, 5.41) is 3.07. The second-order valence-corrected chi connectivity index (χ2v) is 5.07. The van der Waals surface area contributed by atoms with Crippen molar-refractivity contribution in [2.24, 2.45) is 0 Å². The third kappa shape index (κ3) is 7.68. The molecule has 0 saturated carbocycles. The molecule has 1 heteroatoms. The van der Waals surface area contributed by atoms with Crippen LogP contribution in [0.3, 0.4) is 0 Å². The van der Waals surface area contributed by atoms with Gasteiger partial charge in [0.15, 0.2) is 0 Å². The number of nitrogens with one attached hydrogen (secondary N) is 1. The van der Waals surface area contributed by atoms with Crippen molar-refractivity contribution < 1.29 is 0 Å². The van der Waals surface area contributed by atoms with Crippen molar-refractivity contribution in [3.05, 3.63) is 84.7 Å². The third-order valence-corrected chi connectivity index (χ3v) is 3.34. The van der Waals surface area contributed by atoms with E-state index in [1.807, 2.05) is 26.2 Å². The summed E-state index contributed by atoms with van der Waals surface area (Å²) in [6.07, 6.45) is 7.89. The maximum absolute atomic E-state index is 4.20. The van der Waals surface area contributed by atoms with Crippen LogP contribution in [0.5, 0.6) is 0 Å². The van der Waals surface area contributed by atoms with Gasteiger partial charge in [-0.05, 0) is 67.7 Å². The fourth-order valence-electron chi connectivity index (χ4n) is 1.91. The zero-order chi connectivity index (χ0) is 17.7. The van der Waals surface area contributed by atoms with Crippen LogP contribution < -0.4 is 5.32 Å². The first kappa shape index (κ1) is 22.3. The molecule has 0 aromatic carbocycles. The molecule has 0 aromatic heterocycles. The van der Waals surface area contributed by atoms with Crippen LogP contribution >= 0.6 is 0 Å². The minimum absolute atomic E-state index is 0.822. The molecular weight excluding hydrogens is 266 g/mol. The third-order valence-electron chi connectivity index (χ3n) is 3.34. The molecule has 0 saturated heterocycles. The lowest BCUT2D eigenvalue weighted by molar-refractivity contribution is 1.06. The van der Waals surface area contributed by atoms with Crippen molar-refractivity contribution in [1.29, 1.82) is 0 Å². The Morgan fingerprint density at radius 3 is 1.95 bits per heavy atom. The smallest absolute Gasteiger partial charge is 0.00278 e. The number of rotatable bonds is 8. The first-order valence-corrected chi connectivity index (χ1v) is 7.59. The summed E-state index contributed by atoms with van der Waals surface area (Å²) in [6, 6.07) is 0. The number of hydrogen-bond donors (Lipinski definition) is 1. The van der Waals surface area contributed by atoms with E-state index in [1.54, 1.807) is 0 Å². The highest BCUT2D eigenvalue weighted by atomic mass is 14.8. The van der Waals surface area contributed by atoms with E-state index in [0.29, 0.717) is 0 Å². The molecule has 0 radical (unpaired) electrons. The Bertz CT molecular complexity index is 484. The minimum atomic E-state index is 0.822. The van der Waals surface area contributed by atoms with Crippen molar-refractivity contribution in [2.75, 3.05) is 7.05 Å². The largest absolute Gasteiger partial charge is 0.394 e. The molecule has 0 spiro atoms. The first-order chi connectivity index (χ1) is 10.4. The lowest BCUT2D eigenvalue weighted by Crippen LogP contribution is -1.98. The van der Waals surface area contributed by atoms with Crippen molar-refractivity contribution in [1.82, 2.24) is 5.32 Å². The molecule has 0 aliphatic heterocycles. The van der Waals surface area contributed by atoms with Gasteiger partial charge in [0.25, 0.3) is 0 Å². The van der Waals surface area contributed by atoms with Crippen molar-refractivity contribution in [3.63, 3.8) is 0 Å². The molecule has 0 atom stereocenters. The SMILES string of the molecule is C=C.C=CC\C(C(=C)C)=C(/C=C(C)/C(C)=C/NC)C(=C)CC. The molecule has 0 rings (SSSR count). The van der Waals surface area contributed by atoms with Crippen molar-refractivity contribution in [3.8, 4) is 0 Å². The molecule has 0 aliphatic carbocycles. The average molecular weight is 300 g/mol. The van der Waals surface area contributed by atoms with Crippen molar-refractivity contribution >= 4 is 0 Å². The molecule has 0 fully saturated rings. The van der Waals surface area contributed by atoms with Crippen LogP contribution in [-0.4, -0.2) is 7.05 Å². The van der Waals surface area contributed by atoms with Crippen LogP contribution in [0.2, 0.25) is 0 Å². The summed E-state index contributed by atoms with van der Waals surface area (Å²) in [5.41, 5.74) is 7.08. The molecule has 0 heterocycles. The maximum atomic E-state index is 4.20. The second kappa shape index (κ2) is 12.7. The second-order valence-electron chi connectivity index (χ2n) is 5.07. The summed E-state index contributed by atoms with van der Waals surface area (Å²) in [7, 11) is 1.91. The van der Waals surface area contributed by atoms with Gasteiger partial charge >= 0.3 is 0 Å².